The van der Waals surface area contributed by atoms with Gasteiger partial charge in [-0.05, 0) is 44.0 Å². The van der Waals surface area contributed by atoms with Crippen molar-refractivity contribution in [2.24, 2.45) is 0 Å². The first-order valence-electron chi connectivity index (χ1n) is 9.51. The Morgan fingerprint density at radius 1 is 1.21 bits per heavy atom. The first kappa shape index (κ1) is 20.7. The number of fused-ring (bicyclic) bond motifs is 1. The third-order valence-corrected chi connectivity index (χ3v) is 5.79. The average Bonchev–Trinajstić information content (AvgIpc) is 2.99. The van der Waals surface area contributed by atoms with Crippen molar-refractivity contribution in [2.75, 3.05) is 6.54 Å². The number of nitrogens with one attached hydrogen (secondary N) is 3. The van der Waals surface area contributed by atoms with Gasteiger partial charge >= 0.3 is 0 Å². The maximum atomic E-state index is 12.3. The van der Waals surface area contributed by atoms with E-state index in [1.165, 1.54) is 11.3 Å². The molecule has 0 aliphatic rings. The van der Waals surface area contributed by atoms with Gasteiger partial charge < -0.3 is 15.6 Å². The molecule has 152 valence electrons. The lowest BCUT2D eigenvalue weighted by atomic mass is 10.1. The lowest BCUT2D eigenvalue weighted by Gasteiger charge is -2.07. The Kier molecular flexibility index (Phi) is 6.43. The van der Waals surface area contributed by atoms with E-state index in [-0.39, 0.29) is 23.8 Å². The number of hydrogen-bond acceptors (Lipinski definition) is 5. The van der Waals surface area contributed by atoms with Crippen LogP contribution in [0, 0.1) is 13.8 Å². The molecule has 0 unspecified atom stereocenters. The number of thiophene rings is 1. The van der Waals surface area contributed by atoms with Gasteiger partial charge in [0.15, 0.2) is 0 Å². The molecule has 0 aliphatic heterocycles. The minimum Gasteiger partial charge on any atom is -0.352 e. The number of aryl methyl sites for hydroxylation is 3. The molecule has 3 aromatic rings. The van der Waals surface area contributed by atoms with Crippen molar-refractivity contribution in [1.29, 1.82) is 0 Å². The molecule has 1 aromatic carbocycles. The molecule has 3 rings (SSSR count). The summed E-state index contributed by atoms with van der Waals surface area (Å²) in [4.78, 5) is 45.5. The van der Waals surface area contributed by atoms with E-state index in [1.54, 1.807) is 18.2 Å². The number of benzene rings is 1. The number of H-pyrrole nitrogens is 1. The van der Waals surface area contributed by atoms with Crippen molar-refractivity contribution in [2.45, 2.75) is 40.2 Å². The van der Waals surface area contributed by atoms with Crippen LogP contribution >= 0.6 is 11.3 Å². The number of rotatable bonds is 7. The van der Waals surface area contributed by atoms with E-state index in [0.717, 1.165) is 16.0 Å². The van der Waals surface area contributed by atoms with Gasteiger partial charge in [-0.2, -0.15) is 0 Å². The minimum absolute atomic E-state index is 0.134. The highest BCUT2D eigenvalue weighted by Gasteiger charge is 2.13. The number of aromatic nitrogens is 2. The standard InChI is InChI=1S/C21H24N4O3S/c1-4-22-19(27)15-7-5-6-14(10-15)11-23-17(26)9-8-16-24-20(28)18-12(2)13(3)29-21(18)25-16/h5-7,10H,4,8-9,11H2,1-3H3,(H,22,27)(H,23,26)(H,24,25,28). The van der Waals surface area contributed by atoms with Crippen LogP contribution in [0.25, 0.3) is 10.2 Å². The lowest BCUT2D eigenvalue weighted by Crippen LogP contribution is -2.25. The van der Waals surface area contributed by atoms with Gasteiger partial charge in [-0.1, -0.05) is 12.1 Å². The summed E-state index contributed by atoms with van der Waals surface area (Å²) in [6, 6.07) is 7.15. The number of carbonyl (C=O) groups excluding carboxylic acids is 2. The number of aromatic amines is 1. The molecular formula is C21H24N4O3S. The summed E-state index contributed by atoms with van der Waals surface area (Å²) in [6.07, 6.45) is 0.569. The van der Waals surface area contributed by atoms with E-state index in [9.17, 15) is 14.4 Å². The highest BCUT2D eigenvalue weighted by molar-refractivity contribution is 7.18. The Balaban J connectivity index is 1.58. The fourth-order valence-corrected chi connectivity index (χ4v) is 4.07. The number of hydrogen-bond donors (Lipinski definition) is 3. The van der Waals surface area contributed by atoms with Crippen molar-refractivity contribution in [3.05, 3.63) is 62.0 Å². The third-order valence-electron chi connectivity index (χ3n) is 4.69. The van der Waals surface area contributed by atoms with E-state index in [4.69, 9.17) is 0 Å². The largest absolute Gasteiger partial charge is 0.352 e. The van der Waals surface area contributed by atoms with Gasteiger partial charge in [-0.15, -0.1) is 11.3 Å². The molecule has 3 N–H and O–H groups in total. The molecule has 0 atom stereocenters. The summed E-state index contributed by atoms with van der Waals surface area (Å²) in [6.45, 7) is 6.64. The van der Waals surface area contributed by atoms with Crippen molar-refractivity contribution in [3.8, 4) is 0 Å². The Morgan fingerprint density at radius 2 is 2.00 bits per heavy atom. The highest BCUT2D eigenvalue weighted by atomic mass is 32.1. The Labute approximate surface area is 172 Å². The second kappa shape index (κ2) is 9.00. The smallest absolute Gasteiger partial charge is 0.259 e. The molecule has 0 saturated carbocycles. The molecule has 29 heavy (non-hydrogen) atoms. The molecule has 0 bridgehead atoms. The molecule has 2 aromatic heterocycles. The van der Waals surface area contributed by atoms with Gasteiger partial charge in [-0.25, -0.2) is 4.98 Å². The van der Waals surface area contributed by atoms with Crippen LogP contribution in [-0.4, -0.2) is 28.3 Å². The van der Waals surface area contributed by atoms with Crippen LogP contribution in [0.15, 0.2) is 29.1 Å². The van der Waals surface area contributed by atoms with Gasteiger partial charge in [0.1, 0.15) is 10.7 Å². The molecule has 8 heteroatoms. The quantitative estimate of drug-likeness (QED) is 0.555. The lowest BCUT2D eigenvalue weighted by molar-refractivity contribution is -0.121. The van der Waals surface area contributed by atoms with E-state index in [2.05, 4.69) is 20.6 Å². The normalized spacial score (nSPS) is 10.9. The molecule has 0 saturated heterocycles. The Morgan fingerprint density at radius 3 is 2.76 bits per heavy atom. The molecule has 0 aliphatic carbocycles. The van der Waals surface area contributed by atoms with Crippen molar-refractivity contribution >= 4 is 33.4 Å². The summed E-state index contributed by atoms with van der Waals surface area (Å²) in [7, 11) is 0. The van der Waals surface area contributed by atoms with E-state index < -0.39 is 0 Å². The Hall–Kier alpha value is -3.00. The van der Waals surface area contributed by atoms with Gasteiger partial charge in [-0.3, -0.25) is 14.4 Å². The van der Waals surface area contributed by atoms with E-state index in [0.29, 0.717) is 41.1 Å². The predicted octanol–water partition coefficient (Wildman–Crippen LogP) is 2.60. The summed E-state index contributed by atoms with van der Waals surface area (Å²) < 4.78 is 0. The number of nitrogens with zero attached hydrogens (tertiary/aromatic N) is 1. The zero-order valence-electron chi connectivity index (χ0n) is 16.7. The van der Waals surface area contributed by atoms with Crippen LogP contribution in [0.2, 0.25) is 0 Å². The van der Waals surface area contributed by atoms with Gasteiger partial charge in [0, 0.05) is 36.4 Å². The van der Waals surface area contributed by atoms with Crippen molar-refractivity contribution in [1.82, 2.24) is 20.6 Å². The maximum absolute atomic E-state index is 12.3. The first-order valence-corrected chi connectivity index (χ1v) is 10.3. The summed E-state index contributed by atoms with van der Waals surface area (Å²) in [5.41, 5.74) is 2.21. The molecule has 2 heterocycles. The summed E-state index contributed by atoms with van der Waals surface area (Å²) in [5.74, 6) is 0.233. The third kappa shape index (κ3) is 4.89. The SMILES string of the molecule is CCNC(=O)c1cccc(CNC(=O)CCc2nc3sc(C)c(C)c3c(=O)[nH]2)c1. The van der Waals surface area contributed by atoms with Crippen LogP contribution in [0.4, 0.5) is 0 Å². The number of carbonyl (C=O) groups is 2. The van der Waals surface area contributed by atoms with Gasteiger partial charge in [0.05, 0.1) is 5.39 Å². The molecule has 0 fully saturated rings. The second-order valence-electron chi connectivity index (χ2n) is 6.81. The van der Waals surface area contributed by atoms with E-state index >= 15 is 0 Å². The fraction of sp³-hybridized carbons (Fsp3) is 0.333. The van der Waals surface area contributed by atoms with Gasteiger partial charge in [0.25, 0.3) is 11.5 Å². The van der Waals surface area contributed by atoms with Crippen molar-refractivity contribution < 1.29 is 9.59 Å². The van der Waals surface area contributed by atoms with Crippen LogP contribution in [0.3, 0.4) is 0 Å². The Bertz CT molecular complexity index is 1120. The van der Waals surface area contributed by atoms with Gasteiger partial charge in [0.2, 0.25) is 5.91 Å². The van der Waals surface area contributed by atoms with Crippen LogP contribution in [-0.2, 0) is 17.8 Å². The zero-order chi connectivity index (χ0) is 21.0. The number of amides is 2. The van der Waals surface area contributed by atoms with E-state index in [1.807, 2.05) is 26.8 Å². The molecular weight excluding hydrogens is 388 g/mol. The molecule has 0 spiro atoms. The minimum atomic E-state index is -0.158. The monoisotopic (exact) mass is 412 g/mol. The van der Waals surface area contributed by atoms with Crippen LogP contribution in [0.1, 0.15) is 45.5 Å². The molecule has 0 radical (unpaired) electrons. The van der Waals surface area contributed by atoms with Crippen LogP contribution < -0.4 is 16.2 Å². The summed E-state index contributed by atoms with van der Waals surface area (Å²) in [5, 5.41) is 6.23. The molecule has 2 amide bonds. The fourth-order valence-electron chi connectivity index (χ4n) is 3.02. The van der Waals surface area contributed by atoms with Crippen LogP contribution in [0.5, 0.6) is 0 Å². The summed E-state index contributed by atoms with van der Waals surface area (Å²) >= 11 is 1.49. The highest BCUT2D eigenvalue weighted by Crippen LogP contribution is 2.25. The maximum Gasteiger partial charge on any atom is 0.259 e. The average molecular weight is 413 g/mol. The predicted molar refractivity (Wildman–Crippen MR) is 114 cm³/mol. The molecule has 7 nitrogen and oxygen atoms in total. The first-order chi connectivity index (χ1) is 13.9. The zero-order valence-corrected chi connectivity index (χ0v) is 17.5. The second-order valence-corrected chi connectivity index (χ2v) is 8.02. The topological polar surface area (TPSA) is 104 Å². The van der Waals surface area contributed by atoms with Crippen molar-refractivity contribution in [3.63, 3.8) is 0 Å².